The highest BCUT2D eigenvalue weighted by Crippen LogP contribution is 2.22. The van der Waals surface area contributed by atoms with E-state index in [1.807, 2.05) is 48.7 Å². The molecule has 0 aliphatic rings. The van der Waals surface area contributed by atoms with Gasteiger partial charge in [0.2, 0.25) is 5.91 Å². The van der Waals surface area contributed by atoms with Crippen LogP contribution in [0.3, 0.4) is 0 Å². The average molecular weight is 416 g/mol. The summed E-state index contributed by atoms with van der Waals surface area (Å²) in [6.45, 7) is 6.05. The molecular weight excluding hydrogens is 394 g/mol. The second-order valence-corrected chi connectivity index (χ2v) is 8.26. The molecule has 28 heavy (non-hydrogen) atoms. The van der Waals surface area contributed by atoms with Crippen LogP contribution in [0.15, 0.2) is 41.8 Å². The molecule has 2 N–H and O–H groups in total. The quantitative estimate of drug-likeness (QED) is 0.477. The highest BCUT2D eigenvalue weighted by molar-refractivity contribution is 7.99. The lowest BCUT2D eigenvalue weighted by atomic mass is 10.2. The van der Waals surface area contributed by atoms with E-state index < -0.39 is 0 Å². The first-order valence-electron chi connectivity index (χ1n) is 8.76. The number of thioether (sulfide) groups is 1. The third kappa shape index (κ3) is 4.79. The molecule has 0 aliphatic heterocycles. The predicted octanol–water partition coefficient (Wildman–Crippen LogP) is 3.06. The van der Waals surface area contributed by atoms with Crippen molar-refractivity contribution in [3.63, 3.8) is 0 Å². The number of carbonyl (C=O) groups excluding carboxylic acids is 2. The molecule has 0 atom stereocenters. The van der Waals surface area contributed by atoms with Gasteiger partial charge in [0.05, 0.1) is 10.6 Å². The number of amides is 2. The first kappa shape index (κ1) is 20.1. The van der Waals surface area contributed by atoms with Crippen LogP contribution in [-0.2, 0) is 11.2 Å². The van der Waals surface area contributed by atoms with Crippen molar-refractivity contribution >= 4 is 34.9 Å². The zero-order valence-corrected chi connectivity index (χ0v) is 17.5. The SMILES string of the molecule is CCc1sc(C(=O)NNC(=O)CSc2nncn2-c2ccc(C)cc2)cc1C. The third-order valence-electron chi connectivity index (χ3n) is 4.04. The summed E-state index contributed by atoms with van der Waals surface area (Å²) in [5, 5.41) is 8.59. The molecule has 0 saturated carbocycles. The molecule has 2 amide bonds. The minimum atomic E-state index is -0.319. The van der Waals surface area contributed by atoms with Gasteiger partial charge in [0.25, 0.3) is 5.91 Å². The number of nitrogens with one attached hydrogen (secondary N) is 2. The fraction of sp³-hybridized carbons (Fsp3) is 0.263. The predicted molar refractivity (Wildman–Crippen MR) is 111 cm³/mol. The Labute approximate surface area is 171 Å². The fourth-order valence-electron chi connectivity index (χ4n) is 2.54. The number of hydrogen-bond acceptors (Lipinski definition) is 6. The van der Waals surface area contributed by atoms with E-state index in [9.17, 15) is 9.59 Å². The summed E-state index contributed by atoms with van der Waals surface area (Å²) >= 11 is 2.69. The van der Waals surface area contributed by atoms with Gasteiger partial charge in [0, 0.05) is 10.6 Å². The molecule has 1 aromatic carbocycles. The van der Waals surface area contributed by atoms with Crippen LogP contribution in [0.5, 0.6) is 0 Å². The standard InChI is InChI=1S/C19H21N5O2S2/c1-4-15-13(3)9-16(28-15)18(26)22-21-17(25)10-27-19-23-20-11-24(19)14-7-5-12(2)6-8-14/h5-9,11H,4,10H2,1-3H3,(H,21,25)(H,22,26). The molecule has 0 spiro atoms. The molecule has 0 radical (unpaired) electrons. The lowest BCUT2D eigenvalue weighted by Gasteiger charge is -2.08. The molecule has 0 aliphatic carbocycles. The number of aromatic nitrogens is 3. The monoisotopic (exact) mass is 415 g/mol. The summed E-state index contributed by atoms with van der Waals surface area (Å²) < 4.78 is 1.82. The van der Waals surface area contributed by atoms with Gasteiger partial charge in [0.15, 0.2) is 5.16 Å². The van der Waals surface area contributed by atoms with Gasteiger partial charge in [-0.3, -0.25) is 25.0 Å². The minimum Gasteiger partial charge on any atom is -0.277 e. The number of nitrogens with zero attached hydrogens (tertiary/aromatic N) is 3. The highest BCUT2D eigenvalue weighted by atomic mass is 32.2. The molecule has 2 aromatic heterocycles. The third-order valence-corrected chi connectivity index (χ3v) is 6.37. The van der Waals surface area contributed by atoms with Gasteiger partial charge in [-0.2, -0.15) is 0 Å². The largest absolute Gasteiger partial charge is 0.279 e. The van der Waals surface area contributed by atoms with E-state index in [1.54, 1.807) is 6.33 Å². The maximum absolute atomic E-state index is 12.2. The Balaban J connectivity index is 1.53. The van der Waals surface area contributed by atoms with Crippen LogP contribution < -0.4 is 10.9 Å². The minimum absolute atomic E-state index is 0.106. The Morgan fingerprint density at radius 1 is 1.18 bits per heavy atom. The fourth-order valence-corrected chi connectivity index (χ4v) is 4.28. The van der Waals surface area contributed by atoms with Gasteiger partial charge in [-0.1, -0.05) is 36.4 Å². The lowest BCUT2D eigenvalue weighted by Crippen LogP contribution is -2.42. The molecular formula is C19H21N5O2S2. The molecule has 3 rings (SSSR count). The summed E-state index contributed by atoms with van der Waals surface area (Å²) in [4.78, 5) is 26.0. The Morgan fingerprint density at radius 2 is 1.93 bits per heavy atom. The van der Waals surface area contributed by atoms with Crippen LogP contribution in [-0.4, -0.2) is 32.3 Å². The van der Waals surface area contributed by atoms with Crippen LogP contribution in [0.1, 0.15) is 32.6 Å². The molecule has 0 saturated heterocycles. The van der Waals surface area contributed by atoms with Crippen molar-refractivity contribution in [3.05, 3.63) is 57.5 Å². The molecule has 146 valence electrons. The maximum atomic E-state index is 12.2. The van der Waals surface area contributed by atoms with Crippen LogP contribution in [0, 0.1) is 13.8 Å². The number of thiophene rings is 1. The summed E-state index contributed by atoms with van der Waals surface area (Å²) in [6, 6.07) is 9.78. The van der Waals surface area contributed by atoms with Gasteiger partial charge >= 0.3 is 0 Å². The first-order valence-corrected chi connectivity index (χ1v) is 10.6. The van der Waals surface area contributed by atoms with Gasteiger partial charge < -0.3 is 0 Å². The Morgan fingerprint density at radius 3 is 2.61 bits per heavy atom. The Hall–Kier alpha value is -2.65. The number of rotatable bonds is 6. The molecule has 9 heteroatoms. The molecule has 0 fully saturated rings. The molecule has 3 aromatic rings. The van der Waals surface area contributed by atoms with E-state index in [0.29, 0.717) is 10.0 Å². The molecule has 2 heterocycles. The number of hydrazine groups is 1. The van der Waals surface area contributed by atoms with Crippen molar-refractivity contribution in [3.8, 4) is 5.69 Å². The zero-order chi connectivity index (χ0) is 20.1. The maximum Gasteiger partial charge on any atom is 0.279 e. The molecule has 0 bridgehead atoms. The van der Waals surface area contributed by atoms with Crippen LogP contribution in [0.25, 0.3) is 5.69 Å². The summed E-state index contributed by atoms with van der Waals surface area (Å²) in [5.41, 5.74) is 8.08. The van der Waals surface area contributed by atoms with E-state index >= 15 is 0 Å². The van der Waals surface area contributed by atoms with Crippen LogP contribution >= 0.6 is 23.1 Å². The summed E-state index contributed by atoms with van der Waals surface area (Å²) in [6.07, 6.45) is 2.49. The van der Waals surface area contributed by atoms with E-state index in [4.69, 9.17) is 0 Å². The topological polar surface area (TPSA) is 88.9 Å². The van der Waals surface area contributed by atoms with Crippen molar-refractivity contribution < 1.29 is 9.59 Å². The van der Waals surface area contributed by atoms with Crippen molar-refractivity contribution in [2.75, 3.05) is 5.75 Å². The number of aryl methyl sites for hydroxylation is 3. The van der Waals surface area contributed by atoms with Gasteiger partial charge in [-0.25, -0.2) is 0 Å². The Bertz CT molecular complexity index is 979. The number of benzene rings is 1. The average Bonchev–Trinajstić information content (AvgIpc) is 3.31. The highest BCUT2D eigenvalue weighted by Gasteiger charge is 2.14. The van der Waals surface area contributed by atoms with E-state index in [0.717, 1.165) is 23.2 Å². The number of carbonyl (C=O) groups is 2. The van der Waals surface area contributed by atoms with Crippen molar-refractivity contribution in [1.29, 1.82) is 0 Å². The van der Waals surface area contributed by atoms with Crippen molar-refractivity contribution in [2.45, 2.75) is 32.3 Å². The molecule has 7 nitrogen and oxygen atoms in total. The number of hydrogen-bond donors (Lipinski definition) is 2. The second kappa shape index (κ2) is 9.03. The van der Waals surface area contributed by atoms with E-state index in [1.165, 1.54) is 28.0 Å². The van der Waals surface area contributed by atoms with E-state index in [-0.39, 0.29) is 17.6 Å². The van der Waals surface area contributed by atoms with Gasteiger partial charge in [-0.15, -0.1) is 21.5 Å². The lowest BCUT2D eigenvalue weighted by molar-refractivity contribution is -0.119. The molecule has 0 unspecified atom stereocenters. The first-order chi connectivity index (χ1) is 13.5. The van der Waals surface area contributed by atoms with Gasteiger partial charge in [-0.05, 0) is 44.0 Å². The Kier molecular flexibility index (Phi) is 6.48. The van der Waals surface area contributed by atoms with Crippen LogP contribution in [0.2, 0.25) is 0 Å². The van der Waals surface area contributed by atoms with Crippen molar-refractivity contribution in [2.24, 2.45) is 0 Å². The smallest absolute Gasteiger partial charge is 0.277 e. The summed E-state index contributed by atoms with van der Waals surface area (Å²) in [7, 11) is 0. The summed E-state index contributed by atoms with van der Waals surface area (Å²) in [5.74, 6) is -0.524. The zero-order valence-electron chi connectivity index (χ0n) is 15.9. The van der Waals surface area contributed by atoms with Gasteiger partial charge in [0.1, 0.15) is 6.33 Å². The van der Waals surface area contributed by atoms with Crippen molar-refractivity contribution in [1.82, 2.24) is 25.6 Å². The normalized spacial score (nSPS) is 10.7. The van der Waals surface area contributed by atoms with Crippen LogP contribution in [0.4, 0.5) is 0 Å². The second-order valence-electron chi connectivity index (χ2n) is 6.18. The van der Waals surface area contributed by atoms with E-state index in [2.05, 4.69) is 28.0 Å².